The minimum Gasteiger partial charge on any atom is -0.396 e. The first-order valence-corrected chi connectivity index (χ1v) is 7.13. The number of hydrogen-bond donors (Lipinski definition) is 3. The van der Waals surface area contributed by atoms with Gasteiger partial charge in [-0.15, -0.1) is 5.10 Å². The fourth-order valence-electron chi connectivity index (χ4n) is 3.35. The molecule has 1 fully saturated rings. The number of anilines is 1. The normalized spacial score (nSPS) is 24.7. The van der Waals surface area contributed by atoms with Gasteiger partial charge in [0.15, 0.2) is 11.2 Å². The molecule has 0 radical (unpaired) electrons. The molecule has 0 amide bonds. The van der Waals surface area contributed by atoms with Gasteiger partial charge in [-0.05, 0) is 30.1 Å². The van der Waals surface area contributed by atoms with Crippen LogP contribution in [0, 0.1) is 17.3 Å². The molecule has 1 aliphatic rings. The zero-order valence-corrected chi connectivity index (χ0v) is 12.2. The zero-order valence-electron chi connectivity index (χ0n) is 12.2. The Morgan fingerprint density at radius 2 is 2.14 bits per heavy atom. The van der Waals surface area contributed by atoms with Crippen LogP contribution >= 0.6 is 0 Å². The van der Waals surface area contributed by atoms with Crippen LogP contribution in [-0.2, 0) is 6.54 Å². The van der Waals surface area contributed by atoms with E-state index in [0.29, 0.717) is 24.0 Å². The predicted octanol–water partition coefficient (Wildman–Crippen LogP) is 0.141. The first-order chi connectivity index (χ1) is 9.93. The van der Waals surface area contributed by atoms with Gasteiger partial charge in [-0.25, -0.2) is 4.68 Å². The molecule has 0 unspecified atom stereocenters. The summed E-state index contributed by atoms with van der Waals surface area (Å²) in [5, 5.41) is 17.4. The number of H-pyrrole nitrogens is 1. The van der Waals surface area contributed by atoms with Gasteiger partial charge in [-0.3, -0.25) is 9.78 Å². The first-order valence-electron chi connectivity index (χ1n) is 7.13. The van der Waals surface area contributed by atoms with Crippen LogP contribution in [0.4, 0.5) is 5.95 Å². The maximum Gasteiger partial charge on any atom is 0.282 e. The van der Waals surface area contributed by atoms with E-state index in [1.54, 1.807) is 4.68 Å². The lowest BCUT2D eigenvalue weighted by Crippen LogP contribution is -2.30. The van der Waals surface area contributed by atoms with Crippen LogP contribution in [0.1, 0.15) is 26.7 Å². The number of hydrogen-bond acceptors (Lipinski definition) is 6. The molecule has 8 nitrogen and oxygen atoms in total. The van der Waals surface area contributed by atoms with E-state index >= 15 is 0 Å². The van der Waals surface area contributed by atoms with Crippen molar-refractivity contribution >= 4 is 17.1 Å². The van der Waals surface area contributed by atoms with Crippen molar-refractivity contribution in [3.63, 3.8) is 0 Å². The molecule has 0 saturated heterocycles. The van der Waals surface area contributed by atoms with E-state index in [1.807, 2.05) is 0 Å². The molecule has 0 aliphatic heterocycles. The maximum atomic E-state index is 11.8. The highest BCUT2D eigenvalue weighted by molar-refractivity contribution is 5.69. The summed E-state index contributed by atoms with van der Waals surface area (Å²) in [7, 11) is 0. The van der Waals surface area contributed by atoms with E-state index in [1.165, 1.54) is 0 Å². The number of aliphatic hydroxyl groups is 1. The standard InChI is InChI=1S/C13H20N6O2/c1-13(2)7(3-4-8(13)6-20)5-19-10-9(17-18-19)11(21)16-12(14)15-10/h7-8,20H,3-6H2,1-2H3,(H3,14,15,16,21)/t7-,8+/m1/s1. The van der Waals surface area contributed by atoms with Gasteiger partial charge in [-0.1, -0.05) is 19.1 Å². The number of nitrogens with one attached hydrogen (secondary N) is 1. The minimum atomic E-state index is -0.373. The molecule has 2 heterocycles. The Morgan fingerprint density at radius 1 is 1.43 bits per heavy atom. The molecular formula is C13H20N6O2. The van der Waals surface area contributed by atoms with Crippen molar-refractivity contribution in [2.24, 2.45) is 17.3 Å². The number of nitrogens with zero attached hydrogens (tertiary/aromatic N) is 4. The number of fused-ring (bicyclic) bond motifs is 1. The highest BCUT2D eigenvalue weighted by Gasteiger charge is 2.42. The van der Waals surface area contributed by atoms with E-state index < -0.39 is 0 Å². The summed E-state index contributed by atoms with van der Waals surface area (Å²) in [4.78, 5) is 18.3. The molecule has 2 aromatic heterocycles. The second-order valence-corrected chi connectivity index (χ2v) is 6.37. The van der Waals surface area contributed by atoms with E-state index in [9.17, 15) is 9.90 Å². The summed E-state index contributed by atoms with van der Waals surface area (Å²) in [6.45, 7) is 5.15. The topological polar surface area (TPSA) is 123 Å². The lowest BCUT2D eigenvalue weighted by atomic mass is 9.76. The molecule has 1 saturated carbocycles. The van der Waals surface area contributed by atoms with Crippen LogP contribution < -0.4 is 11.3 Å². The van der Waals surface area contributed by atoms with Gasteiger partial charge < -0.3 is 10.8 Å². The van der Waals surface area contributed by atoms with Gasteiger partial charge in [0.2, 0.25) is 5.95 Å². The van der Waals surface area contributed by atoms with Crippen LogP contribution in [0.25, 0.3) is 11.2 Å². The lowest BCUT2D eigenvalue weighted by Gasteiger charge is -2.32. The van der Waals surface area contributed by atoms with Gasteiger partial charge in [0.25, 0.3) is 5.56 Å². The van der Waals surface area contributed by atoms with Crippen molar-refractivity contribution in [2.75, 3.05) is 12.3 Å². The molecule has 0 spiro atoms. The monoisotopic (exact) mass is 292 g/mol. The molecule has 2 atom stereocenters. The summed E-state index contributed by atoms with van der Waals surface area (Å²) < 4.78 is 1.65. The van der Waals surface area contributed by atoms with Crippen LogP contribution in [0.3, 0.4) is 0 Å². The maximum absolute atomic E-state index is 11.8. The van der Waals surface area contributed by atoms with E-state index in [2.05, 4.69) is 34.1 Å². The highest BCUT2D eigenvalue weighted by Crippen LogP contribution is 2.47. The third kappa shape index (κ3) is 2.19. The summed E-state index contributed by atoms with van der Waals surface area (Å²) in [5.74, 6) is 0.704. The molecule has 8 heteroatoms. The van der Waals surface area contributed by atoms with Crippen LogP contribution in [0.15, 0.2) is 4.79 Å². The van der Waals surface area contributed by atoms with Crippen LogP contribution in [0.2, 0.25) is 0 Å². The Hall–Kier alpha value is -1.96. The Morgan fingerprint density at radius 3 is 2.81 bits per heavy atom. The largest absolute Gasteiger partial charge is 0.396 e. The van der Waals surface area contributed by atoms with Gasteiger partial charge >= 0.3 is 0 Å². The minimum absolute atomic E-state index is 0.0137. The van der Waals surface area contributed by atoms with Gasteiger partial charge in [0.05, 0.1) is 0 Å². The molecule has 4 N–H and O–H groups in total. The van der Waals surface area contributed by atoms with Gasteiger partial charge in [0, 0.05) is 13.2 Å². The Bertz CT molecular complexity index is 719. The molecule has 114 valence electrons. The smallest absolute Gasteiger partial charge is 0.282 e. The van der Waals surface area contributed by atoms with Crippen molar-refractivity contribution < 1.29 is 5.11 Å². The lowest BCUT2D eigenvalue weighted by molar-refractivity contribution is 0.105. The fraction of sp³-hybridized carbons (Fsp3) is 0.692. The molecule has 1 aliphatic carbocycles. The predicted molar refractivity (Wildman–Crippen MR) is 77.4 cm³/mol. The van der Waals surface area contributed by atoms with E-state index in [-0.39, 0.29) is 29.0 Å². The molecule has 0 aromatic carbocycles. The van der Waals surface area contributed by atoms with Crippen molar-refractivity contribution in [2.45, 2.75) is 33.2 Å². The number of nitrogen functional groups attached to an aromatic ring is 1. The number of nitrogens with two attached hydrogens (primary N) is 1. The Labute approximate surface area is 121 Å². The quantitative estimate of drug-likeness (QED) is 0.739. The third-order valence-corrected chi connectivity index (χ3v) is 4.97. The summed E-state index contributed by atoms with van der Waals surface area (Å²) in [6.07, 6.45) is 2.01. The number of aromatic amines is 1. The molecule has 3 rings (SSSR count). The Balaban J connectivity index is 1.94. The SMILES string of the molecule is CC1(C)[C@H](CO)CC[C@@H]1Cn1nnc2c(=O)[nH]c(N)nc21. The summed E-state index contributed by atoms with van der Waals surface area (Å²) in [6, 6.07) is 0. The van der Waals surface area contributed by atoms with Gasteiger partial charge in [-0.2, -0.15) is 4.98 Å². The van der Waals surface area contributed by atoms with Crippen molar-refractivity contribution in [3.05, 3.63) is 10.4 Å². The zero-order chi connectivity index (χ0) is 15.2. The Kier molecular flexibility index (Phi) is 3.20. The first kappa shape index (κ1) is 14.0. The molecule has 0 bridgehead atoms. The summed E-state index contributed by atoms with van der Waals surface area (Å²) in [5.41, 5.74) is 5.85. The number of rotatable bonds is 3. The van der Waals surface area contributed by atoms with Crippen LogP contribution in [0.5, 0.6) is 0 Å². The van der Waals surface area contributed by atoms with E-state index in [4.69, 9.17) is 5.73 Å². The average Bonchev–Trinajstić information content (AvgIpc) is 2.92. The number of aromatic nitrogens is 5. The average molecular weight is 292 g/mol. The second-order valence-electron chi connectivity index (χ2n) is 6.37. The van der Waals surface area contributed by atoms with E-state index in [0.717, 1.165) is 12.8 Å². The highest BCUT2D eigenvalue weighted by atomic mass is 16.3. The third-order valence-electron chi connectivity index (χ3n) is 4.97. The summed E-state index contributed by atoms with van der Waals surface area (Å²) >= 11 is 0. The van der Waals surface area contributed by atoms with Crippen LogP contribution in [-0.4, -0.2) is 36.7 Å². The molecule has 21 heavy (non-hydrogen) atoms. The van der Waals surface area contributed by atoms with Crippen molar-refractivity contribution in [1.82, 2.24) is 25.0 Å². The second kappa shape index (κ2) is 4.80. The van der Waals surface area contributed by atoms with Crippen molar-refractivity contribution in [1.29, 1.82) is 0 Å². The fourth-order valence-corrected chi connectivity index (χ4v) is 3.35. The molecule has 2 aromatic rings. The van der Waals surface area contributed by atoms with Gasteiger partial charge in [0.1, 0.15) is 0 Å². The van der Waals surface area contributed by atoms with Crippen molar-refractivity contribution in [3.8, 4) is 0 Å². The molecular weight excluding hydrogens is 272 g/mol. The number of aliphatic hydroxyl groups excluding tert-OH is 1.